The Kier molecular flexibility index (Phi) is 6.65. The normalized spacial score (nSPS) is 19.3. The molecule has 1 fully saturated rings. The number of piperidine rings is 1. The predicted molar refractivity (Wildman–Crippen MR) is 84.0 cm³/mol. The van der Waals surface area contributed by atoms with Crippen LogP contribution >= 0.6 is 12.4 Å². The van der Waals surface area contributed by atoms with Crippen LogP contribution in [0.25, 0.3) is 0 Å². The molecular formula is C15H22ClN3O2. The van der Waals surface area contributed by atoms with Gasteiger partial charge in [0.1, 0.15) is 6.04 Å². The third-order valence-electron chi connectivity index (χ3n) is 3.57. The number of rotatable bonds is 3. The van der Waals surface area contributed by atoms with Crippen LogP contribution in [0.1, 0.15) is 31.4 Å². The van der Waals surface area contributed by atoms with Crippen molar-refractivity contribution in [2.45, 2.75) is 31.8 Å². The molecule has 1 aromatic rings. The Bertz CT molecular complexity index is 481. The van der Waals surface area contributed by atoms with Gasteiger partial charge < -0.3 is 16.0 Å². The first kappa shape index (κ1) is 17.5. The lowest BCUT2D eigenvalue weighted by Gasteiger charge is -2.34. The molecule has 2 unspecified atom stereocenters. The fourth-order valence-corrected chi connectivity index (χ4v) is 2.58. The lowest BCUT2D eigenvalue weighted by atomic mass is 10.0. The zero-order valence-electron chi connectivity index (χ0n) is 12.1. The summed E-state index contributed by atoms with van der Waals surface area (Å²) in [6.07, 6.45) is 1.79. The van der Waals surface area contributed by atoms with Crippen molar-refractivity contribution in [2.24, 2.45) is 5.73 Å². The second-order valence-corrected chi connectivity index (χ2v) is 5.21. The summed E-state index contributed by atoms with van der Waals surface area (Å²) in [7, 11) is 0. The van der Waals surface area contributed by atoms with Crippen molar-refractivity contribution in [3.8, 4) is 0 Å². The summed E-state index contributed by atoms with van der Waals surface area (Å²) in [4.78, 5) is 25.3. The summed E-state index contributed by atoms with van der Waals surface area (Å²) in [5.41, 5.74) is 6.86. The zero-order valence-corrected chi connectivity index (χ0v) is 12.9. The highest BCUT2D eigenvalue weighted by Gasteiger charge is 2.27. The molecule has 21 heavy (non-hydrogen) atoms. The van der Waals surface area contributed by atoms with Crippen LogP contribution in [-0.2, 0) is 9.59 Å². The maximum atomic E-state index is 12.4. The van der Waals surface area contributed by atoms with Crippen molar-refractivity contribution in [2.75, 3.05) is 13.1 Å². The number of amides is 2. The summed E-state index contributed by atoms with van der Waals surface area (Å²) in [6, 6.07) is 8.77. The molecule has 1 heterocycles. The Morgan fingerprint density at radius 1 is 1.33 bits per heavy atom. The third-order valence-corrected chi connectivity index (χ3v) is 3.57. The number of halogens is 1. The highest BCUT2D eigenvalue weighted by atomic mass is 35.5. The molecule has 2 rings (SSSR count). The van der Waals surface area contributed by atoms with Crippen LogP contribution in [0.5, 0.6) is 0 Å². The average Bonchev–Trinajstić information content (AvgIpc) is 2.46. The van der Waals surface area contributed by atoms with Crippen molar-refractivity contribution in [3.05, 3.63) is 35.9 Å². The van der Waals surface area contributed by atoms with Gasteiger partial charge in [0, 0.05) is 26.1 Å². The first-order valence-corrected chi connectivity index (χ1v) is 6.94. The molecule has 1 aliphatic heterocycles. The molecule has 1 saturated heterocycles. The molecular weight excluding hydrogens is 290 g/mol. The molecule has 0 aliphatic carbocycles. The van der Waals surface area contributed by atoms with Crippen molar-refractivity contribution in [3.63, 3.8) is 0 Å². The minimum Gasteiger partial charge on any atom is -0.352 e. The second kappa shape index (κ2) is 8.00. The minimum atomic E-state index is -0.632. The summed E-state index contributed by atoms with van der Waals surface area (Å²) in [6.45, 7) is 2.74. The lowest BCUT2D eigenvalue weighted by Crippen LogP contribution is -2.51. The molecule has 0 aromatic heterocycles. The largest absolute Gasteiger partial charge is 0.352 e. The van der Waals surface area contributed by atoms with Crippen molar-refractivity contribution >= 4 is 24.2 Å². The lowest BCUT2D eigenvalue weighted by molar-refractivity contribution is -0.134. The van der Waals surface area contributed by atoms with Crippen LogP contribution in [0.3, 0.4) is 0 Å². The Balaban J connectivity index is 0.00000220. The third kappa shape index (κ3) is 4.72. The fourth-order valence-electron chi connectivity index (χ4n) is 2.58. The predicted octanol–water partition coefficient (Wildman–Crippen LogP) is 1.24. The topological polar surface area (TPSA) is 75.4 Å². The van der Waals surface area contributed by atoms with E-state index in [9.17, 15) is 9.59 Å². The zero-order chi connectivity index (χ0) is 14.5. The van der Waals surface area contributed by atoms with Crippen LogP contribution in [0.2, 0.25) is 0 Å². The molecule has 116 valence electrons. The Morgan fingerprint density at radius 2 is 2.00 bits per heavy atom. The van der Waals surface area contributed by atoms with E-state index in [2.05, 4.69) is 5.32 Å². The van der Waals surface area contributed by atoms with Gasteiger partial charge in [0.15, 0.2) is 0 Å². The van der Waals surface area contributed by atoms with Crippen LogP contribution in [0.4, 0.5) is 0 Å². The smallest absolute Gasteiger partial charge is 0.244 e. The number of hydrogen-bond donors (Lipinski definition) is 2. The van der Waals surface area contributed by atoms with Gasteiger partial charge in [-0.15, -0.1) is 12.4 Å². The van der Waals surface area contributed by atoms with Gasteiger partial charge in [-0.3, -0.25) is 9.59 Å². The van der Waals surface area contributed by atoms with E-state index in [4.69, 9.17) is 5.73 Å². The maximum absolute atomic E-state index is 12.4. The van der Waals surface area contributed by atoms with Gasteiger partial charge in [-0.05, 0) is 18.4 Å². The summed E-state index contributed by atoms with van der Waals surface area (Å²) in [5, 5.41) is 2.87. The molecule has 1 aliphatic rings. The van der Waals surface area contributed by atoms with Crippen molar-refractivity contribution in [1.82, 2.24) is 10.2 Å². The van der Waals surface area contributed by atoms with E-state index >= 15 is 0 Å². The van der Waals surface area contributed by atoms with Crippen LogP contribution in [0.15, 0.2) is 30.3 Å². The number of benzene rings is 1. The van der Waals surface area contributed by atoms with E-state index in [0.29, 0.717) is 13.1 Å². The number of likely N-dealkylation sites (tertiary alicyclic amines) is 1. The summed E-state index contributed by atoms with van der Waals surface area (Å²) >= 11 is 0. The van der Waals surface area contributed by atoms with Gasteiger partial charge in [0.25, 0.3) is 0 Å². The number of nitrogens with one attached hydrogen (secondary N) is 1. The molecule has 0 spiro atoms. The van der Waals surface area contributed by atoms with E-state index in [-0.39, 0.29) is 30.3 Å². The fraction of sp³-hybridized carbons (Fsp3) is 0.467. The van der Waals surface area contributed by atoms with Gasteiger partial charge in [-0.2, -0.15) is 0 Å². The Hall–Kier alpha value is -1.59. The van der Waals surface area contributed by atoms with Crippen LogP contribution in [0, 0.1) is 0 Å². The average molecular weight is 312 g/mol. The maximum Gasteiger partial charge on any atom is 0.244 e. The quantitative estimate of drug-likeness (QED) is 0.881. The van der Waals surface area contributed by atoms with Crippen LogP contribution < -0.4 is 11.1 Å². The highest BCUT2D eigenvalue weighted by molar-refractivity contribution is 5.85. The van der Waals surface area contributed by atoms with Crippen molar-refractivity contribution in [1.29, 1.82) is 0 Å². The number of nitrogens with two attached hydrogens (primary N) is 1. The van der Waals surface area contributed by atoms with E-state index < -0.39 is 6.04 Å². The standard InChI is InChI=1S/C15H21N3O2.ClH/c1-11(19)17-13-8-5-9-18(10-13)15(20)14(16)12-6-3-2-4-7-12;/h2-4,6-7,13-14H,5,8-10,16H2,1H3,(H,17,19);1H. The number of carbonyl (C=O) groups is 2. The molecule has 6 heteroatoms. The molecule has 3 N–H and O–H groups in total. The molecule has 2 atom stereocenters. The van der Waals surface area contributed by atoms with E-state index in [1.165, 1.54) is 6.92 Å². The van der Waals surface area contributed by atoms with Gasteiger partial charge in [0.05, 0.1) is 0 Å². The summed E-state index contributed by atoms with van der Waals surface area (Å²) in [5.74, 6) is -0.136. The molecule has 2 amide bonds. The van der Waals surface area contributed by atoms with Gasteiger partial charge >= 0.3 is 0 Å². The molecule has 0 bridgehead atoms. The first-order chi connectivity index (χ1) is 9.58. The van der Waals surface area contributed by atoms with Crippen molar-refractivity contribution < 1.29 is 9.59 Å². The monoisotopic (exact) mass is 311 g/mol. The number of nitrogens with zero attached hydrogens (tertiary/aromatic N) is 1. The van der Waals surface area contributed by atoms with Gasteiger partial charge in [-0.25, -0.2) is 0 Å². The first-order valence-electron chi connectivity index (χ1n) is 6.94. The molecule has 0 radical (unpaired) electrons. The number of hydrogen-bond acceptors (Lipinski definition) is 3. The highest BCUT2D eigenvalue weighted by Crippen LogP contribution is 2.17. The molecule has 0 saturated carbocycles. The van der Waals surface area contributed by atoms with Gasteiger partial charge in [0.2, 0.25) is 11.8 Å². The van der Waals surface area contributed by atoms with E-state index in [1.54, 1.807) is 4.90 Å². The van der Waals surface area contributed by atoms with E-state index in [1.807, 2.05) is 30.3 Å². The molecule has 1 aromatic carbocycles. The van der Waals surface area contributed by atoms with Crippen LogP contribution in [-0.4, -0.2) is 35.8 Å². The molecule has 5 nitrogen and oxygen atoms in total. The SMILES string of the molecule is CC(=O)NC1CCCN(C(=O)C(N)c2ccccc2)C1.Cl. The van der Waals surface area contributed by atoms with Gasteiger partial charge in [-0.1, -0.05) is 30.3 Å². The minimum absolute atomic E-state index is 0. The summed E-state index contributed by atoms with van der Waals surface area (Å²) < 4.78 is 0. The Morgan fingerprint density at radius 3 is 2.62 bits per heavy atom. The van der Waals surface area contributed by atoms with E-state index in [0.717, 1.165) is 18.4 Å². The Labute approximate surface area is 131 Å². The second-order valence-electron chi connectivity index (χ2n) is 5.21. The number of carbonyl (C=O) groups excluding carboxylic acids is 2.